The molecular formula is C21H25N3. The zero-order valence-corrected chi connectivity index (χ0v) is 14.4. The van der Waals surface area contributed by atoms with Crippen LogP contribution in [0.5, 0.6) is 0 Å². The lowest BCUT2D eigenvalue weighted by Crippen LogP contribution is -2.14. The van der Waals surface area contributed by atoms with Crippen molar-refractivity contribution in [3.63, 3.8) is 0 Å². The molecule has 0 bridgehead atoms. The number of hydrogen-bond acceptors (Lipinski definition) is 3. The molecule has 2 aromatic rings. The van der Waals surface area contributed by atoms with Crippen LogP contribution in [0.3, 0.4) is 0 Å². The summed E-state index contributed by atoms with van der Waals surface area (Å²) in [5.74, 6) is 2.58. The van der Waals surface area contributed by atoms with Crippen LogP contribution in [0.1, 0.15) is 56.6 Å². The molecule has 0 saturated heterocycles. The molecule has 1 heterocycles. The Kier molecular flexibility index (Phi) is 5.59. The summed E-state index contributed by atoms with van der Waals surface area (Å²) < 4.78 is 0. The van der Waals surface area contributed by atoms with Gasteiger partial charge in [-0.1, -0.05) is 39.0 Å². The van der Waals surface area contributed by atoms with Crippen molar-refractivity contribution in [2.75, 3.05) is 0 Å². The molecular weight excluding hydrogens is 294 g/mol. The van der Waals surface area contributed by atoms with Crippen molar-refractivity contribution >= 4 is 0 Å². The molecule has 1 aromatic carbocycles. The molecule has 3 nitrogen and oxygen atoms in total. The predicted molar refractivity (Wildman–Crippen MR) is 96.2 cm³/mol. The summed E-state index contributed by atoms with van der Waals surface area (Å²) in [6.07, 6.45) is 13.2. The minimum Gasteiger partial charge on any atom is -0.236 e. The molecule has 0 N–H and O–H groups in total. The van der Waals surface area contributed by atoms with E-state index in [0.717, 1.165) is 29.6 Å². The first-order valence-electron chi connectivity index (χ1n) is 9.10. The summed E-state index contributed by atoms with van der Waals surface area (Å²) >= 11 is 0. The van der Waals surface area contributed by atoms with Crippen LogP contribution in [0, 0.1) is 23.2 Å². The topological polar surface area (TPSA) is 49.6 Å². The number of hydrogen-bond donors (Lipinski definition) is 0. The highest BCUT2D eigenvalue weighted by Crippen LogP contribution is 2.33. The maximum atomic E-state index is 8.85. The molecule has 24 heavy (non-hydrogen) atoms. The number of rotatable bonds is 5. The molecule has 1 saturated carbocycles. The minimum absolute atomic E-state index is 0.660. The van der Waals surface area contributed by atoms with E-state index in [1.807, 2.05) is 24.5 Å². The Bertz CT molecular complexity index is 675. The largest absolute Gasteiger partial charge is 0.236 e. The van der Waals surface area contributed by atoms with Crippen molar-refractivity contribution in [3.8, 4) is 17.5 Å². The Morgan fingerprint density at radius 3 is 2.21 bits per heavy atom. The zero-order chi connectivity index (χ0) is 16.8. The zero-order valence-electron chi connectivity index (χ0n) is 14.4. The summed E-state index contributed by atoms with van der Waals surface area (Å²) in [7, 11) is 0. The molecule has 0 radical (unpaired) electrons. The van der Waals surface area contributed by atoms with Gasteiger partial charge in [0.1, 0.15) is 0 Å². The van der Waals surface area contributed by atoms with Crippen molar-refractivity contribution in [1.82, 2.24) is 9.97 Å². The van der Waals surface area contributed by atoms with Crippen LogP contribution < -0.4 is 0 Å². The predicted octanol–water partition coefficient (Wildman–Crippen LogP) is 5.16. The van der Waals surface area contributed by atoms with E-state index >= 15 is 0 Å². The number of aryl methyl sites for hydroxylation is 1. The normalized spacial score (nSPS) is 20.5. The van der Waals surface area contributed by atoms with Gasteiger partial charge < -0.3 is 0 Å². The van der Waals surface area contributed by atoms with Gasteiger partial charge in [-0.2, -0.15) is 5.26 Å². The Labute approximate surface area is 144 Å². The standard InChI is InChI=1S/C21H25N3/c1-2-16-3-5-17(6-4-16)7-8-19-14-23-21(24-15-19)20-11-9-18(13-22)10-12-20/h9-12,14-17H,2-8H2,1H3. The Hall–Kier alpha value is -2.21. The van der Waals surface area contributed by atoms with E-state index in [-0.39, 0.29) is 0 Å². The van der Waals surface area contributed by atoms with E-state index in [2.05, 4.69) is 23.0 Å². The number of benzene rings is 1. The van der Waals surface area contributed by atoms with Gasteiger partial charge in [0.05, 0.1) is 11.6 Å². The maximum Gasteiger partial charge on any atom is 0.159 e. The van der Waals surface area contributed by atoms with Gasteiger partial charge in [0.2, 0.25) is 0 Å². The van der Waals surface area contributed by atoms with Crippen molar-refractivity contribution < 1.29 is 0 Å². The summed E-state index contributed by atoms with van der Waals surface area (Å²) in [6, 6.07) is 9.54. The fourth-order valence-corrected chi connectivity index (χ4v) is 3.63. The second kappa shape index (κ2) is 8.06. The van der Waals surface area contributed by atoms with E-state index < -0.39 is 0 Å². The molecule has 1 aliphatic carbocycles. The highest BCUT2D eigenvalue weighted by atomic mass is 14.9. The van der Waals surface area contributed by atoms with Gasteiger partial charge in [0.15, 0.2) is 5.82 Å². The number of aromatic nitrogens is 2. The SMILES string of the molecule is CCC1CCC(CCc2cnc(-c3ccc(C#N)cc3)nc2)CC1. The van der Waals surface area contributed by atoms with Gasteiger partial charge in [-0.05, 0) is 54.5 Å². The lowest BCUT2D eigenvalue weighted by Gasteiger charge is -2.27. The molecule has 0 atom stereocenters. The monoisotopic (exact) mass is 319 g/mol. The first-order valence-corrected chi connectivity index (χ1v) is 9.10. The highest BCUT2D eigenvalue weighted by molar-refractivity contribution is 5.56. The summed E-state index contributed by atoms with van der Waals surface area (Å²) in [5, 5.41) is 8.85. The van der Waals surface area contributed by atoms with Crippen LogP contribution in [0.2, 0.25) is 0 Å². The first-order chi connectivity index (χ1) is 11.8. The minimum atomic E-state index is 0.660. The van der Waals surface area contributed by atoms with Crippen LogP contribution >= 0.6 is 0 Å². The molecule has 1 aromatic heterocycles. The molecule has 0 aliphatic heterocycles. The lowest BCUT2D eigenvalue weighted by atomic mass is 9.79. The Morgan fingerprint density at radius 2 is 1.62 bits per heavy atom. The third kappa shape index (κ3) is 4.20. The second-order valence-corrected chi connectivity index (χ2v) is 6.94. The first kappa shape index (κ1) is 16.6. The Balaban J connectivity index is 1.54. The van der Waals surface area contributed by atoms with Crippen LogP contribution in [0.4, 0.5) is 0 Å². The molecule has 0 unspecified atom stereocenters. The van der Waals surface area contributed by atoms with Crippen LogP contribution in [-0.2, 0) is 6.42 Å². The average Bonchev–Trinajstić information content (AvgIpc) is 2.67. The fraction of sp³-hybridized carbons (Fsp3) is 0.476. The third-order valence-electron chi connectivity index (χ3n) is 5.36. The Morgan fingerprint density at radius 1 is 1.00 bits per heavy atom. The van der Waals surface area contributed by atoms with E-state index in [9.17, 15) is 0 Å². The second-order valence-electron chi connectivity index (χ2n) is 6.94. The number of nitrogens with zero attached hydrogens (tertiary/aromatic N) is 3. The van der Waals surface area contributed by atoms with Crippen molar-refractivity contribution in [2.24, 2.45) is 11.8 Å². The van der Waals surface area contributed by atoms with Crippen LogP contribution in [-0.4, -0.2) is 9.97 Å². The van der Waals surface area contributed by atoms with Crippen LogP contribution in [0.25, 0.3) is 11.4 Å². The third-order valence-corrected chi connectivity index (χ3v) is 5.36. The molecule has 1 aliphatic rings. The van der Waals surface area contributed by atoms with E-state index in [1.54, 1.807) is 12.1 Å². The van der Waals surface area contributed by atoms with Crippen molar-refractivity contribution in [2.45, 2.75) is 51.9 Å². The summed E-state index contributed by atoms with van der Waals surface area (Å²) in [6.45, 7) is 2.32. The quantitative estimate of drug-likeness (QED) is 0.764. The molecule has 124 valence electrons. The van der Waals surface area contributed by atoms with Gasteiger partial charge in [0, 0.05) is 18.0 Å². The van der Waals surface area contributed by atoms with Crippen molar-refractivity contribution in [1.29, 1.82) is 5.26 Å². The van der Waals surface area contributed by atoms with Crippen molar-refractivity contribution in [3.05, 3.63) is 47.8 Å². The lowest BCUT2D eigenvalue weighted by molar-refractivity contribution is 0.258. The average molecular weight is 319 g/mol. The van der Waals surface area contributed by atoms with E-state index in [4.69, 9.17) is 5.26 Å². The smallest absolute Gasteiger partial charge is 0.159 e. The molecule has 0 amide bonds. The summed E-state index contributed by atoms with van der Waals surface area (Å²) in [4.78, 5) is 9.00. The molecule has 3 rings (SSSR count). The van der Waals surface area contributed by atoms with E-state index in [0.29, 0.717) is 5.56 Å². The molecule has 0 spiro atoms. The summed E-state index contributed by atoms with van der Waals surface area (Å²) in [5.41, 5.74) is 2.84. The molecule has 3 heteroatoms. The van der Waals surface area contributed by atoms with Gasteiger partial charge in [-0.15, -0.1) is 0 Å². The van der Waals surface area contributed by atoms with Gasteiger partial charge in [-0.25, -0.2) is 9.97 Å². The highest BCUT2D eigenvalue weighted by Gasteiger charge is 2.19. The van der Waals surface area contributed by atoms with Crippen LogP contribution in [0.15, 0.2) is 36.7 Å². The number of nitriles is 1. The maximum absolute atomic E-state index is 8.85. The molecule has 1 fully saturated rings. The van der Waals surface area contributed by atoms with E-state index in [1.165, 1.54) is 44.1 Å². The van der Waals surface area contributed by atoms with Gasteiger partial charge >= 0.3 is 0 Å². The van der Waals surface area contributed by atoms with Gasteiger partial charge in [-0.3, -0.25) is 0 Å². The van der Waals surface area contributed by atoms with Gasteiger partial charge in [0.25, 0.3) is 0 Å². The fourth-order valence-electron chi connectivity index (χ4n) is 3.63.